The van der Waals surface area contributed by atoms with E-state index in [0.29, 0.717) is 37.2 Å². The van der Waals surface area contributed by atoms with Gasteiger partial charge in [-0.25, -0.2) is 0 Å². The monoisotopic (exact) mass is 395 g/mol. The first kappa shape index (κ1) is 20.9. The molecule has 1 heterocycles. The summed E-state index contributed by atoms with van der Waals surface area (Å²) in [7, 11) is 4.97. The van der Waals surface area contributed by atoms with Crippen molar-refractivity contribution in [1.29, 1.82) is 0 Å². The maximum Gasteiger partial charge on any atom is 0.237 e. The maximum absolute atomic E-state index is 13.1. The van der Waals surface area contributed by atoms with Crippen molar-refractivity contribution in [1.82, 2.24) is 0 Å². The third-order valence-corrected chi connectivity index (χ3v) is 5.87. The molecule has 0 unspecified atom stereocenters. The lowest BCUT2D eigenvalue weighted by Crippen LogP contribution is -2.36. The Balaban J connectivity index is 1.70. The van der Waals surface area contributed by atoms with Crippen LogP contribution in [0.3, 0.4) is 0 Å². The lowest BCUT2D eigenvalue weighted by Gasteiger charge is -2.24. The van der Waals surface area contributed by atoms with Crippen LogP contribution in [0.4, 0.5) is 5.69 Å². The molecule has 1 aliphatic heterocycles. The standard InChI is InChI=1S/C24H29NO4/c1-24(16-8-11-18(26)13-12-17-9-6-5-7-10-17)21-19(28-3)14-15-20(29-4)22(21)25(2)23(24)27/h5-7,9-10,14-15H,8,11-13,16H2,1-4H3/t24-/m1/s1. The van der Waals surface area contributed by atoms with Crippen molar-refractivity contribution in [2.75, 3.05) is 26.2 Å². The van der Waals surface area contributed by atoms with Crippen LogP contribution in [0.5, 0.6) is 11.5 Å². The number of ketones is 1. The number of amides is 1. The van der Waals surface area contributed by atoms with Crippen LogP contribution in [-0.4, -0.2) is 33.0 Å². The average Bonchev–Trinajstić information content (AvgIpc) is 2.94. The predicted octanol–water partition coefficient (Wildman–Crippen LogP) is 4.31. The van der Waals surface area contributed by atoms with Gasteiger partial charge >= 0.3 is 0 Å². The maximum atomic E-state index is 13.1. The molecule has 0 N–H and O–H groups in total. The number of methoxy groups -OCH3 is 2. The Hall–Kier alpha value is -2.82. The quantitative estimate of drug-likeness (QED) is 0.635. The zero-order valence-corrected chi connectivity index (χ0v) is 17.7. The summed E-state index contributed by atoms with van der Waals surface area (Å²) in [5, 5.41) is 0. The molecule has 1 atom stereocenters. The van der Waals surface area contributed by atoms with E-state index in [2.05, 4.69) is 0 Å². The average molecular weight is 395 g/mol. The fourth-order valence-electron chi connectivity index (χ4n) is 4.26. The number of Topliss-reactive ketones (excluding diaryl/α,β-unsaturated/α-hetero) is 1. The van der Waals surface area contributed by atoms with Crippen molar-refractivity contribution in [2.24, 2.45) is 0 Å². The second-order valence-corrected chi connectivity index (χ2v) is 7.77. The van der Waals surface area contributed by atoms with Crippen LogP contribution in [-0.2, 0) is 21.4 Å². The number of likely N-dealkylation sites (N-methyl/N-ethyl adjacent to an activating group) is 1. The van der Waals surface area contributed by atoms with Crippen LogP contribution in [0.25, 0.3) is 0 Å². The normalized spacial score (nSPS) is 17.9. The highest BCUT2D eigenvalue weighted by atomic mass is 16.5. The van der Waals surface area contributed by atoms with Crippen LogP contribution >= 0.6 is 0 Å². The number of hydrogen-bond donors (Lipinski definition) is 0. The Bertz CT molecular complexity index is 893. The molecular formula is C24H29NO4. The first-order valence-electron chi connectivity index (χ1n) is 10.0. The summed E-state index contributed by atoms with van der Waals surface area (Å²) in [5.74, 6) is 1.57. The van der Waals surface area contributed by atoms with Gasteiger partial charge in [0.25, 0.3) is 0 Å². The number of benzene rings is 2. The Morgan fingerprint density at radius 3 is 2.31 bits per heavy atom. The minimum Gasteiger partial charge on any atom is -0.496 e. The molecule has 1 aliphatic rings. The van der Waals surface area contributed by atoms with E-state index in [1.807, 2.05) is 49.4 Å². The fourth-order valence-corrected chi connectivity index (χ4v) is 4.26. The molecule has 0 radical (unpaired) electrons. The van der Waals surface area contributed by atoms with Gasteiger partial charge in [0.05, 0.1) is 25.3 Å². The molecule has 3 rings (SSSR count). The molecule has 154 valence electrons. The molecule has 29 heavy (non-hydrogen) atoms. The van der Waals surface area contributed by atoms with Crippen molar-refractivity contribution in [3.63, 3.8) is 0 Å². The van der Waals surface area contributed by atoms with Gasteiger partial charge in [-0.1, -0.05) is 30.3 Å². The molecule has 0 fully saturated rings. The molecule has 2 aromatic rings. The van der Waals surface area contributed by atoms with E-state index < -0.39 is 5.41 Å². The smallest absolute Gasteiger partial charge is 0.237 e. The Morgan fingerprint density at radius 1 is 1.00 bits per heavy atom. The predicted molar refractivity (Wildman–Crippen MR) is 114 cm³/mol. The number of carbonyl (C=O) groups excluding carboxylic acids is 2. The highest BCUT2D eigenvalue weighted by Gasteiger charge is 2.49. The summed E-state index contributed by atoms with van der Waals surface area (Å²) < 4.78 is 11.0. The number of rotatable bonds is 9. The number of fused-ring (bicyclic) bond motifs is 1. The zero-order valence-electron chi connectivity index (χ0n) is 17.7. The van der Waals surface area contributed by atoms with Crippen LogP contribution in [0, 0.1) is 0 Å². The van der Waals surface area contributed by atoms with Crippen LogP contribution in [0.15, 0.2) is 42.5 Å². The Kier molecular flexibility index (Phi) is 6.26. The lowest BCUT2D eigenvalue weighted by molar-refractivity contribution is -0.123. The molecule has 5 heteroatoms. The number of anilines is 1. The summed E-state index contributed by atoms with van der Waals surface area (Å²) >= 11 is 0. The van der Waals surface area contributed by atoms with E-state index in [0.717, 1.165) is 17.7 Å². The van der Waals surface area contributed by atoms with Crippen LogP contribution < -0.4 is 14.4 Å². The van der Waals surface area contributed by atoms with Crippen molar-refractivity contribution in [3.8, 4) is 11.5 Å². The first-order chi connectivity index (χ1) is 13.9. The van der Waals surface area contributed by atoms with Gasteiger partial charge in [0.2, 0.25) is 5.91 Å². The SMILES string of the molecule is COc1ccc(OC)c2c1N(C)C(=O)[C@]2(C)CCCC(=O)CCc1ccccc1. The van der Waals surface area contributed by atoms with E-state index >= 15 is 0 Å². The zero-order chi connectivity index (χ0) is 21.0. The lowest BCUT2D eigenvalue weighted by atomic mass is 9.78. The van der Waals surface area contributed by atoms with Crippen molar-refractivity contribution in [3.05, 3.63) is 53.6 Å². The van der Waals surface area contributed by atoms with E-state index in [1.54, 1.807) is 26.2 Å². The van der Waals surface area contributed by atoms with E-state index in [-0.39, 0.29) is 11.7 Å². The van der Waals surface area contributed by atoms with E-state index in [4.69, 9.17) is 9.47 Å². The minimum absolute atomic E-state index is 0.00651. The fraction of sp³-hybridized carbons (Fsp3) is 0.417. The van der Waals surface area contributed by atoms with Crippen molar-refractivity contribution in [2.45, 2.75) is 44.4 Å². The molecule has 0 aliphatic carbocycles. The van der Waals surface area contributed by atoms with Gasteiger partial charge < -0.3 is 14.4 Å². The number of carbonyl (C=O) groups is 2. The van der Waals surface area contributed by atoms with Gasteiger partial charge in [-0.2, -0.15) is 0 Å². The third-order valence-electron chi connectivity index (χ3n) is 5.87. The molecule has 0 spiro atoms. The number of nitrogens with zero attached hydrogens (tertiary/aromatic N) is 1. The molecule has 5 nitrogen and oxygen atoms in total. The van der Waals surface area contributed by atoms with Gasteiger partial charge in [0.15, 0.2) is 0 Å². The summed E-state index contributed by atoms with van der Waals surface area (Å²) in [4.78, 5) is 27.2. The Labute approximate surface area is 172 Å². The number of ether oxygens (including phenoxy) is 2. The minimum atomic E-state index is -0.732. The summed E-state index contributed by atoms with van der Waals surface area (Å²) in [6, 6.07) is 13.7. The van der Waals surface area contributed by atoms with Gasteiger partial charge in [-0.3, -0.25) is 9.59 Å². The van der Waals surface area contributed by atoms with E-state index in [1.165, 1.54) is 5.56 Å². The molecule has 0 aromatic heterocycles. The topological polar surface area (TPSA) is 55.8 Å². The molecular weight excluding hydrogens is 366 g/mol. The van der Waals surface area contributed by atoms with Crippen molar-refractivity contribution >= 4 is 17.4 Å². The summed E-state index contributed by atoms with van der Waals surface area (Å²) in [6.07, 6.45) is 3.00. The van der Waals surface area contributed by atoms with Gasteiger partial charge in [0.1, 0.15) is 17.3 Å². The summed E-state index contributed by atoms with van der Waals surface area (Å²) in [6.45, 7) is 1.94. The molecule has 0 bridgehead atoms. The summed E-state index contributed by atoms with van der Waals surface area (Å²) in [5.41, 5.74) is 2.05. The third kappa shape index (κ3) is 4.00. The largest absolute Gasteiger partial charge is 0.496 e. The molecule has 0 saturated carbocycles. The molecule has 0 saturated heterocycles. The molecule has 1 amide bonds. The molecule has 2 aromatic carbocycles. The van der Waals surface area contributed by atoms with Crippen molar-refractivity contribution < 1.29 is 19.1 Å². The van der Waals surface area contributed by atoms with E-state index in [9.17, 15) is 9.59 Å². The van der Waals surface area contributed by atoms with Gasteiger partial charge in [0, 0.05) is 25.5 Å². The van der Waals surface area contributed by atoms with Crippen LogP contribution in [0.2, 0.25) is 0 Å². The highest BCUT2D eigenvalue weighted by Crippen LogP contribution is 2.52. The second kappa shape index (κ2) is 8.68. The van der Waals surface area contributed by atoms with Gasteiger partial charge in [-0.05, 0) is 43.9 Å². The first-order valence-corrected chi connectivity index (χ1v) is 10.0. The number of hydrogen-bond acceptors (Lipinski definition) is 4. The number of aryl methyl sites for hydroxylation is 1. The highest BCUT2D eigenvalue weighted by molar-refractivity contribution is 6.09. The van der Waals surface area contributed by atoms with Gasteiger partial charge in [-0.15, -0.1) is 0 Å². The second-order valence-electron chi connectivity index (χ2n) is 7.77. The Morgan fingerprint density at radius 2 is 1.66 bits per heavy atom. The van der Waals surface area contributed by atoms with Crippen LogP contribution in [0.1, 0.15) is 43.7 Å².